The van der Waals surface area contributed by atoms with Gasteiger partial charge in [0.05, 0.1) is 7.11 Å². The molecule has 0 radical (unpaired) electrons. The highest BCUT2D eigenvalue weighted by Gasteiger charge is 2.26. The van der Waals surface area contributed by atoms with Gasteiger partial charge in [-0.3, -0.25) is 4.98 Å². The van der Waals surface area contributed by atoms with Crippen LogP contribution in [0.25, 0.3) is 5.57 Å². The summed E-state index contributed by atoms with van der Waals surface area (Å²) in [5.74, 6) is 1.23. The van der Waals surface area contributed by atoms with Crippen LogP contribution in [0.5, 0.6) is 5.75 Å². The molecule has 0 amide bonds. The molecule has 1 aliphatic carbocycles. The van der Waals surface area contributed by atoms with Crippen molar-refractivity contribution in [2.24, 2.45) is 0 Å². The Labute approximate surface area is 170 Å². The molecule has 1 aromatic carbocycles. The molecule has 1 aliphatic rings. The Kier molecular flexibility index (Phi) is 7.47. The third-order valence-electron chi connectivity index (χ3n) is 5.71. The minimum atomic E-state index is 0.326. The van der Waals surface area contributed by atoms with Gasteiger partial charge in [0.25, 0.3) is 0 Å². The fraction of sp³-hybridized carbons (Fsp3) is 0.423. The number of aromatic nitrogens is 1. The van der Waals surface area contributed by atoms with Crippen molar-refractivity contribution in [2.45, 2.75) is 64.7 Å². The number of unbranched alkanes of at least 4 members (excludes halogenated alkanes) is 2. The van der Waals surface area contributed by atoms with Gasteiger partial charge in [0.15, 0.2) is 0 Å². The summed E-state index contributed by atoms with van der Waals surface area (Å²) in [6.45, 7) is 4.56. The fourth-order valence-corrected chi connectivity index (χ4v) is 4.06. The number of rotatable bonds is 9. The van der Waals surface area contributed by atoms with E-state index in [1.165, 1.54) is 55.4 Å². The SMILES string of the molecule is CCCCC1=C(CCCC)CC(c2ccccn2)C(c2ccc(OC)cc2)=C1. The maximum atomic E-state index is 5.36. The van der Waals surface area contributed by atoms with Crippen LogP contribution in [0.1, 0.15) is 76.0 Å². The molecule has 0 bridgehead atoms. The van der Waals surface area contributed by atoms with Crippen LogP contribution in [0.15, 0.2) is 65.9 Å². The van der Waals surface area contributed by atoms with Crippen LogP contribution in [0.4, 0.5) is 0 Å². The summed E-state index contributed by atoms with van der Waals surface area (Å²) in [5.41, 5.74) is 7.05. The van der Waals surface area contributed by atoms with Crippen molar-refractivity contribution < 1.29 is 4.74 Å². The zero-order valence-electron chi connectivity index (χ0n) is 17.6. The molecule has 148 valence electrons. The monoisotopic (exact) mass is 375 g/mol. The predicted octanol–water partition coefficient (Wildman–Crippen LogP) is 7.34. The molecule has 3 rings (SSSR count). The molecular formula is C26H33NO. The second-order valence-electron chi connectivity index (χ2n) is 7.68. The maximum absolute atomic E-state index is 5.36. The number of benzene rings is 1. The number of hydrogen-bond acceptors (Lipinski definition) is 2. The van der Waals surface area contributed by atoms with Gasteiger partial charge in [0, 0.05) is 17.8 Å². The topological polar surface area (TPSA) is 22.1 Å². The summed E-state index contributed by atoms with van der Waals surface area (Å²) in [7, 11) is 1.72. The number of pyridine rings is 1. The molecule has 2 nitrogen and oxygen atoms in total. The number of allylic oxidation sites excluding steroid dienone is 4. The Morgan fingerprint density at radius 2 is 1.71 bits per heavy atom. The zero-order valence-corrected chi connectivity index (χ0v) is 17.6. The molecular weight excluding hydrogens is 342 g/mol. The van der Waals surface area contributed by atoms with Gasteiger partial charge in [-0.15, -0.1) is 0 Å². The molecule has 0 spiro atoms. The second kappa shape index (κ2) is 10.3. The van der Waals surface area contributed by atoms with E-state index in [0.29, 0.717) is 5.92 Å². The molecule has 1 aromatic heterocycles. The molecule has 2 heteroatoms. The van der Waals surface area contributed by atoms with Gasteiger partial charge in [-0.25, -0.2) is 0 Å². The van der Waals surface area contributed by atoms with Gasteiger partial charge in [0.2, 0.25) is 0 Å². The molecule has 1 unspecified atom stereocenters. The molecule has 1 heterocycles. The van der Waals surface area contributed by atoms with E-state index in [1.807, 2.05) is 12.3 Å². The van der Waals surface area contributed by atoms with Crippen LogP contribution in [0.3, 0.4) is 0 Å². The van der Waals surface area contributed by atoms with E-state index >= 15 is 0 Å². The van der Waals surface area contributed by atoms with E-state index < -0.39 is 0 Å². The van der Waals surface area contributed by atoms with Crippen LogP contribution in [0, 0.1) is 0 Å². The molecule has 0 saturated carbocycles. The van der Waals surface area contributed by atoms with E-state index in [2.05, 4.69) is 56.3 Å². The van der Waals surface area contributed by atoms with E-state index in [1.54, 1.807) is 18.3 Å². The van der Waals surface area contributed by atoms with Gasteiger partial charge >= 0.3 is 0 Å². The normalized spacial score (nSPS) is 16.8. The van der Waals surface area contributed by atoms with E-state index in [-0.39, 0.29) is 0 Å². The molecule has 0 saturated heterocycles. The molecule has 0 fully saturated rings. The number of nitrogens with zero attached hydrogens (tertiary/aromatic N) is 1. The highest BCUT2D eigenvalue weighted by molar-refractivity contribution is 5.76. The van der Waals surface area contributed by atoms with Crippen molar-refractivity contribution in [2.75, 3.05) is 7.11 Å². The van der Waals surface area contributed by atoms with Crippen molar-refractivity contribution in [3.05, 3.63) is 77.1 Å². The molecule has 0 aliphatic heterocycles. The van der Waals surface area contributed by atoms with Crippen molar-refractivity contribution in [3.8, 4) is 5.75 Å². The van der Waals surface area contributed by atoms with Crippen LogP contribution in [-0.4, -0.2) is 12.1 Å². The molecule has 28 heavy (non-hydrogen) atoms. The molecule has 2 aromatic rings. The minimum absolute atomic E-state index is 0.326. The van der Waals surface area contributed by atoms with Gasteiger partial charge < -0.3 is 4.74 Å². The third kappa shape index (κ3) is 4.92. The summed E-state index contributed by atoms with van der Waals surface area (Å²) in [6, 6.07) is 14.8. The summed E-state index contributed by atoms with van der Waals surface area (Å²) < 4.78 is 5.36. The lowest BCUT2D eigenvalue weighted by Gasteiger charge is -2.29. The Hall–Kier alpha value is -2.35. The first-order valence-electron chi connectivity index (χ1n) is 10.7. The number of hydrogen-bond donors (Lipinski definition) is 0. The van der Waals surface area contributed by atoms with Crippen molar-refractivity contribution in [1.82, 2.24) is 4.98 Å². The second-order valence-corrected chi connectivity index (χ2v) is 7.68. The first kappa shape index (κ1) is 20.4. The highest BCUT2D eigenvalue weighted by atomic mass is 16.5. The summed E-state index contributed by atoms with van der Waals surface area (Å²) >= 11 is 0. The van der Waals surface area contributed by atoms with E-state index in [9.17, 15) is 0 Å². The Morgan fingerprint density at radius 3 is 2.36 bits per heavy atom. The first-order valence-corrected chi connectivity index (χ1v) is 10.7. The van der Waals surface area contributed by atoms with E-state index in [4.69, 9.17) is 9.72 Å². The third-order valence-corrected chi connectivity index (χ3v) is 5.71. The van der Waals surface area contributed by atoms with Crippen LogP contribution >= 0.6 is 0 Å². The number of ether oxygens (including phenoxy) is 1. The molecule has 0 N–H and O–H groups in total. The summed E-state index contributed by atoms with van der Waals surface area (Å²) in [6.07, 6.45) is 12.9. The van der Waals surface area contributed by atoms with Crippen molar-refractivity contribution >= 4 is 5.57 Å². The van der Waals surface area contributed by atoms with Crippen LogP contribution in [-0.2, 0) is 0 Å². The average Bonchev–Trinajstić information content (AvgIpc) is 2.76. The first-order chi connectivity index (χ1) is 13.8. The van der Waals surface area contributed by atoms with Gasteiger partial charge in [-0.1, -0.05) is 56.5 Å². The summed E-state index contributed by atoms with van der Waals surface area (Å²) in [5, 5.41) is 0. The Balaban J connectivity index is 2.03. The quantitative estimate of drug-likeness (QED) is 0.457. The summed E-state index contributed by atoms with van der Waals surface area (Å²) in [4.78, 5) is 4.73. The number of methoxy groups -OCH3 is 1. The molecule has 1 atom stereocenters. The average molecular weight is 376 g/mol. The maximum Gasteiger partial charge on any atom is 0.118 e. The van der Waals surface area contributed by atoms with E-state index in [0.717, 1.165) is 12.2 Å². The zero-order chi connectivity index (χ0) is 19.8. The lowest BCUT2D eigenvalue weighted by Crippen LogP contribution is -2.12. The van der Waals surface area contributed by atoms with Gasteiger partial charge in [-0.05, 0) is 73.1 Å². The highest BCUT2D eigenvalue weighted by Crippen LogP contribution is 2.44. The van der Waals surface area contributed by atoms with Crippen LogP contribution < -0.4 is 4.74 Å². The lowest BCUT2D eigenvalue weighted by atomic mass is 9.76. The minimum Gasteiger partial charge on any atom is -0.497 e. The smallest absolute Gasteiger partial charge is 0.118 e. The van der Waals surface area contributed by atoms with Gasteiger partial charge in [-0.2, -0.15) is 0 Å². The fourth-order valence-electron chi connectivity index (χ4n) is 4.06. The van der Waals surface area contributed by atoms with Crippen molar-refractivity contribution in [3.63, 3.8) is 0 Å². The Morgan fingerprint density at radius 1 is 0.964 bits per heavy atom. The van der Waals surface area contributed by atoms with Crippen LogP contribution in [0.2, 0.25) is 0 Å². The van der Waals surface area contributed by atoms with Crippen molar-refractivity contribution in [1.29, 1.82) is 0 Å². The lowest BCUT2D eigenvalue weighted by molar-refractivity contribution is 0.415. The van der Waals surface area contributed by atoms with Gasteiger partial charge in [0.1, 0.15) is 5.75 Å². The Bertz CT molecular complexity index is 802. The predicted molar refractivity (Wildman–Crippen MR) is 119 cm³/mol. The standard InChI is InChI=1S/C26H33NO/c1-4-6-10-21-18-24(20-13-15-23(28-3)16-14-20)25(19-22(21)11-7-5-2)26-12-8-9-17-27-26/h8-9,12-18,25H,4-7,10-11,19H2,1-3H3. The largest absolute Gasteiger partial charge is 0.497 e.